The third-order valence-electron chi connectivity index (χ3n) is 5.05. The van der Waals surface area contributed by atoms with E-state index in [1.807, 2.05) is 30.3 Å². The van der Waals surface area contributed by atoms with Crippen LogP contribution in [-0.4, -0.2) is 49.8 Å². The number of carbonyl (C=O) groups is 1. The number of nitrogens with one attached hydrogen (secondary N) is 1. The Labute approximate surface area is 174 Å². The first-order chi connectivity index (χ1) is 13.9. The first-order valence-electron chi connectivity index (χ1n) is 10.3. The van der Waals surface area contributed by atoms with Crippen molar-refractivity contribution in [2.75, 3.05) is 32.8 Å². The fourth-order valence-corrected chi connectivity index (χ4v) is 3.52. The van der Waals surface area contributed by atoms with E-state index in [1.54, 1.807) is 0 Å². The molecule has 29 heavy (non-hydrogen) atoms. The van der Waals surface area contributed by atoms with Gasteiger partial charge in [0.1, 0.15) is 5.75 Å². The zero-order chi connectivity index (χ0) is 20.7. The summed E-state index contributed by atoms with van der Waals surface area (Å²) in [6, 6.07) is 18.3. The number of amides is 1. The van der Waals surface area contributed by atoms with E-state index in [1.165, 1.54) is 5.56 Å². The summed E-state index contributed by atoms with van der Waals surface area (Å²) >= 11 is 0. The van der Waals surface area contributed by atoms with Gasteiger partial charge < -0.3 is 14.8 Å². The number of morpholine rings is 1. The minimum Gasteiger partial charge on any atom is -0.483 e. The summed E-state index contributed by atoms with van der Waals surface area (Å²) in [5.41, 5.74) is 2.36. The summed E-state index contributed by atoms with van der Waals surface area (Å²) < 4.78 is 11.6. The summed E-state index contributed by atoms with van der Waals surface area (Å²) in [5, 5.41) is 2.95. The summed E-state index contributed by atoms with van der Waals surface area (Å²) in [4.78, 5) is 14.7. The lowest BCUT2D eigenvalue weighted by atomic mass is 9.86. The molecule has 1 unspecified atom stereocenters. The molecule has 5 nitrogen and oxygen atoms in total. The molecule has 1 aliphatic heterocycles. The quantitative estimate of drug-likeness (QED) is 0.780. The average molecular weight is 397 g/mol. The summed E-state index contributed by atoms with van der Waals surface area (Å²) in [7, 11) is 0. The molecule has 3 rings (SSSR count). The Kier molecular flexibility index (Phi) is 7.29. The monoisotopic (exact) mass is 396 g/mol. The fraction of sp³-hybridized carbons (Fsp3) is 0.458. The van der Waals surface area contributed by atoms with Crippen LogP contribution in [0.2, 0.25) is 0 Å². The van der Waals surface area contributed by atoms with Crippen LogP contribution >= 0.6 is 0 Å². The van der Waals surface area contributed by atoms with Gasteiger partial charge in [-0.1, -0.05) is 69.3 Å². The molecule has 1 N–H and O–H groups in total. The third-order valence-corrected chi connectivity index (χ3v) is 5.05. The van der Waals surface area contributed by atoms with E-state index in [-0.39, 0.29) is 24.0 Å². The minimum absolute atomic E-state index is 0.00160. The van der Waals surface area contributed by atoms with Crippen LogP contribution in [0.1, 0.15) is 31.9 Å². The molecule has 1 fully saturated rings. The van der Waals surface area contributed by atoms with Gasteiger partial charge in [0.25, 0.3) is 5.91 Å². The largest absolute Gasteiger partial charge is 0.483 e. The van der Waals surface area contributed by atoms with Crippen molar-refractivity contribution >= 4 is 5.91 Å². The molecule has 5 heteroatoms. The molecular formula is C24H32N2O3. The SMILES string of the molecule is CC(C)(C)c1ccccc1OCC(=O)NCC1CN(Cc2ccccc2)CCO1. The standard InChI is InChI=1S/C24H32N2O3/c1-24(2,3)21-11-7-8-12-22(21)29-18-23(27)25-15-20-17-26(13-14-28-20)16-19-9-5-4-6-10-19/h4-12,20H,13-18H2,1-3H3,(H,25,27). The molecule has 1 atom stereocenters. The second-order valence-corrected chi connectivity index (χ2v) is 8.55. The van der Waals surface area contributed by atoms with E-state index in [9.17, 15) is 4.79 Å². The molecule has 1 saturated heterocycles. The number of nitrogens with zero attached hydrogens (tertiary/aromatic N) is 1. The Hall–Kier alpha value is -2.37. The number of para-hydroxylation sites is 1. The zero-order valence-electron chi connectivity index (χ0n) is 17.7. The normalized spacial score (nSPS) is 17.7. The maximum absolute atomic E-state index is 12.3. The number of benzene rings is 2. The topological polar surface area (TPSA) is 50.8 Å². The lowest BCUT2D eigenvalue weighted by Crippen LogP contribution is -2.47. The van der Waals surface area contributed by atoms with E-state index in [0.717, 1.165) is 30.9 Å². The molecular weight excluding hydrogens is 364 g/mol. The van der Waals surface area contributed by atoms with E-state index < -0.39 is 0 Å². The van der Waals surface area contributed by atoms with Gasteiger partial charge >= 0.3 is 0 Å². The zero-order valence-corrected chi connectivity index (χ0v) is 17.7. The number of carbonyl (C=O) groups excluding carboxylic acids is 1. The Morgan fingerprint density at radius 2 is 1.86 bits per heavy atom. The van der Waals surface area contributed by atoms with Gasteiger partial charge in [0.15, 0.2) is 6.61 Å². The van der Waals surface area contributed by atoms with Crippen LogP contribution in [0.5, 0.6) is 5.75 Å². The molecule has 2 aromatic rings. The smallest absolute Gasteiger partial charge is 0.258 e. The molecule has 2 aromatic carbocycles. The highest BCUT2D eigenvalue weighted by atomic mass is 16.5. The van der Waals surface area contributed by atoms with Crippen molar-refractivity contribution in [1.29, 1.82) is 0 Å². The molecule has 1 aliphatic rings. The molecule has 0 aromatic heterocycles. The highest BCUT2D eigenvalue weighted by molar-refractivity contribution is 5.77. The molecule has 156 valence electrons. The first-order valence-corrected chi connectivity index (χ1v) is 10.3. The van der Waals surface area contributed by atoms with E-state index in [2.05, 4.69) is 55.3 Å². The molecule has 0 bridgehead atoms. The minimum atomic E-state index is -0.127. The maximum Gasteiger partial charge on any atom is 0.258 e. The van der Waals surface area contributed by atoms with Gasteiger partial charge in [-0.3, -0.25) is 9.69 Å². The second kappa shape index (κ2) is 9.90. The predicted octanol–water partition coefficient (Wildman–Crippen LogP) is 3.38. The Bertz CT molecular complexity index is 786. The lowest BCUT2D eigenvalue weighted by molar-refractivity contribution is -0.124. The lowest BCUT2D eigenvalue weighted by Gasteiger charge is -2.33. The summed E-state index contributed by atoms with van der Waals surface area (Å²) in [5.74, 6) is 0.635. The van der Waals surface area contributed by atoms with Gasteiger partial charge in [-0.05, 0) is 22.6 Å². The van der Waals surface area contributed by atoms with Crippen molar-refractivity contribution < 1.29 is 14.3 Å². The third kappa shape index (κ3) is 6.58. The van der Waals surface area contributed by atoms with E-state index >= 15 is 0 Å². The summed E-state index contributed by atoms with van der Waals surface area (Å²) in [6.45, 7) is 10.2. The Morgan fingerprint density at radius 1 is 1.14 bits per heavy atom. The van der Waals surface area contributed by atoms with E-state index in [0.29, 0.717) is 13.2 Å². The molecule has 0 saturated carbocycles. The van der Waals surface area contributed by atoms with Crippen LogP contribution in [0, 0.1) is 0 Å². The van der Waals surface area contributed by atoms with Gasteiger partial charge in [-0.15, -0.1) is 0 Å². The average Bonchev–Trinajstić information content (AvgIpc) is 2.71. The number of hydrogen-bond donors (Lipinski definition) is 1. The van der Waals surface area contributed by atoms with Gasteiger partial charge in [-0.25, -0.2) is 0 Å². The second-order valence-electron chi connectivity index (χ2n) is 8.55. The van der Waals surface area contributed by atoms with Crippen molar-refractivity contribution in [1.82, 2.24) is 10.2 Å². The Morgan fingerprint density at radius 3 is 2.62 bits per heavy atom. The number of ether oxygens (including phenoxy) is 2. The van der Waals surface area contributed by atoms with E-state index in [4.69, 9.17) is 9.47 Å². The van der Waals surface area contributed by atoms with Crippen LogP contribution < -0.4 is 10.1 Å². The molecule has 0 spiro atoms. The summed E-state index contributed by atoms with van der Waals surface area (Å²) in [6.07, 6.45) is -0.00160. The van der Waals surface area contributed by atoms with Crippen molar-refractivity contribution in [2.24, 2.45) is 0 Å². The van der Waals surface area contributed by atoms with Crippen LogP contribution in [0.4, 0.5) is 0 Å². The highest BCUT2D eigenvalue weighted by Gasteiger charge is 2.22. The van der Waals surface area contributed by atoms with Crippen LogP contribution in [0.15, 0.2) is 54.6 Å². The van der Waals surface area contributed by atoms with Crippen molar-refractivity contribution in [3.05, 3.63) is 65.7 Å². The number of hydrogen-bond acceptors (Lipinski definition) is 4. The van der Waals surface area contributed by atoms with Crippen LogP contribution in [-0.2, 0) is 21.5 Å². The number of rotatable bonds is 7. The predicted molar refractivity (Wildman–Crippen MR) is 115 cm³/mol. The molecule has 0 aliphatic carbocycles. The maximum atomic E-state index is 12.3. The molecule has 1 heterocycles. The van der Waals surface area contributed by atoms with Gasteiger partial charge in [0, 0.05) is 26.2 Å². The van der Waals surface area contributed by atoms with Gasteiger partial charge in [0.05, 0.1) is 12.7 Å². The van der Waals surface area contributed by atoms with Crippen LogP contribution in [0.25, 0.3) is 0 Å². The van der Waals surface area contributed by atoms with Crippen molar-refractivity contribution in [2.45, 2.75) is 38.8 Å². The van der Waals surface area contributed by atoms with Crippen molar-refractivity contribution in [3.63, 3.8) is 0 Å². The fourth-order valence-electron chi connectivity index (χ4n) is 3.52. The highest BCUT2D eigenvalue weighted by Crippen LogP contribution is 2.30. The van der Waals surface area contributed by atoms with Crippen LogP contribution in [0.3, 0.4) is 0 Å². The molecule has 1 amide bonds. The van der Waals surface area contributed by atoms with Crippen molar-refractivity contribution in [3.8, 4) is 5.75 Å². The first kappa shape index (κ1) is 21.3. The Balaban J connectivity index is 1.44. The van der Waals surface area contributed by atoms with Gasteiger partial charge in [0.2, 0.25) is 0 Å². The molecule has 0 radical (unpaired) electrons. The van der Waals surface area contributed by atoms with Gasteiger partial charge in [-0.2, -0.15) is 0 Å².